The second-order valence-corrected chi connectivity index (χ2v) is 11.1. The van der Waals surface area contributed by atoms with Gasteiger partial charge in [0.05, 0.1) is 46.4 Å². The van der Waals surface area contributed by atoms with Crippen molar-refractivity contribution in [3.63, 3.8) is 0 Å². The van der Waals surface area contributed by atoms with E-state index in [0.29, 0.717) is 28.2 Å². The minimum absolute atomic E-state index is 0.188. The Morgan fingerprint density at radius 2 is 1.56 bits per heavy atom. The van der Waals surface area contributed by atoms with Gasteiger partial charge >= 0.3 is 0 Å². The molecule has 0 saturated carbocycles. The molecule has 0 aliphatic carbocycles. The molecule has 0 radical (unpaired) electrons. The third-order valence-electron chi connectivity index (χ3n) is 4.85. The molecule has 1 heterocycles. The van der Waals surface area contributed by atoms with Crippen LogP contribution in [0, 0.1) is 0 Å². The zero-order valence-electron chi connectivity index (χ0n) is 17.6. The highest BCUT2D eigenvalue weighted by atomic mass is 32.2. The van der Waals surface area contributed by atoms with Crippen LogP contribution in [-0.2, 0) is 19.9 Å². The normalized spacial score (nSPS) is 12.1. The van der Waals surface area contributed by atoms with Crippen molar-refractivity contribution in [3.8, 4) is 5.75 Å². The van der Waals surface area contributed by atoms with Crippen molar-refractivity contribution in [2.75, 3.05) is 29.7 Å². The summed E-state index contributed by atoms with van der Waals surface area (Å²) in [6.45, 7) is 0. The summed E-state index contributed by atoms with van der Waals surface area (Å²) in [6, 6.07) is 17.3. The Morgan fingerprint density at radius 1 is 0.844 bits per heavy atom. The number of anilines is 3. The molecule has 0 aliphatic heterocycles. The molecule has 4 rings (SSSR count). The molecule has 2 N–H and O–H groups in total. The highest BCUT2D eigenvalue weighted by molar-refractivity contribution is 7.92. The third-order valence-corrected chi connectivity index (χ3v) is 6.56. The van der Waals surface area contributed by atoms with E-state index in [4.69, 9.17) is 4.74 Å². The number of para-hydroxylation sites is 1. The number of rotatable bonds is 6. The van der Waals surface area contributed by atoms with Gasteiger partial charge in [0, 0.05) is 23.1 Å². The maximum Gasteiger partial charge on any atom is 0.229 e. The number of benzene rings is 3. The van der Waals surface area contributed by atoms with Gasteiger partial charge in [-0.05, 0) is 36.4 Å². The molecule has 0 bridgehead atoms. The number of sulfonamides is 1. The lowest BCUT2D eigenvalue weighted by molar-refractivity contribution is 0.417. The molecule has 0 unspecified atom stereocenters. The SMILES string of the molecule is COc1cc(NS(C)(=O)=O)ccc1Nc1c2ccccc2nc2cc(S(C)(=O)=O)ccc12. The van der Waals surface area contributed by atoms with Gasteiger partial charge in [0.15, 0.2) is 9.84 Å². The summed E-state index contributed by atoms with van der Waals surface area (Å²) in [5.74, 6) is 0.431. The number of hydrogen-bond acceptors (Lipinski definition) is 7. The number of ether oxygens (including phenoxy) is 1. The molecule has 4 aromatic rings. The number of pyridine rings is 1. The van der Waals surface area contributed by atoms with Crippen LogP contribution in [0.2, 0.25) is 0 Å². The first-order valence-electron chi connectivity index (χ1n) is 9.50. The van der Waals surface area contributed by atoms with E-state index in [1.54, 1.807) is 36.4 Å². The van der Waals surface area contributed by atoms with Gasteiger partial charge in [-0.3, -0.25) is 4.72 Å². The van der Waals surface area contributed by atoms with Crippen LogP contribution < -0.4 is 14.8 Å². The Kier molecular flexibility index (Phi) is 5.43. The van der Waals surface area contributed by atoms with Crippen molar-refractivity contribution in [2.45, 2.75) is 4.90 Å². The summed E-state index contributed by atoms with van der Waals surface area (Å²) in [7, 11) is -5.33. The van der Waals surface area contributed by atoms with Gasteiger partial charge in [-0.25, -0.2) is 21.8 Å². The Labute approximate surface area is 186 Å². The van der Waals surface area contributed by atoms with Crippen LogP contribution in [-0.4, -0.2) is 41.4 Å². The first kappa shape index (κ1) is 21.8. The summed E-state index contributed by atoms with van der Waals surface area (Å²) < 4.78 is 55.0. The fraction of sp³-hybridized carbons (Fsp3) is 0.136. The minimum atomic E-state index is -3.43. The van der Waals surface area contributed by atoms with Crippen LogP contribution in [0.4, 0.5) is 17.1 Å². The van der Waals surface area contributed by atoms with Gasteiger partial charge in [-0.15, -0.1) is 0 Å². The molecule has 3 aromatic carbocycles. The molecule has 0 amide bonds. The molecule has 0 aliphatic rings. The Morgan fingerprint density at radius 3 is 2.25 bits per heavy atom. The van der Waals surface area contributed by atoms with E-state index in [-0.39, 0.29) is 4.90 Å². The van der Waals surface area contributed by atoms with Crippen LogP contribution in [0.3, 0.4) is 0 Å². The van der Waals surface area contributed by atoms with Crippen molar-refractivity contribution in [1.29, 1.82) is 0 Å². The smallest absolute Gasteiger partial charge is 0.229 e. The van der Waals surface area contributed by atoms with E-state index in [2.05, 4.69) is 15.0 Å². The van der Waals surface area contributed by atoms with Gasteiger partial charge in [-0.2, -0.15) is 0 Å². The van der Waals surface area contributed by atoms with Gasteiger partial charge in [0.2, 0.25) is 10.0 Å². The quantitative estimate of drug-likeness (QED) is 0.410. The third kappa shape index (κ3) is 4.46. The summed E-state index contributed by atoms with van der Waals surface area (Å²) in [6.07, 6.45) is 2.23. The van der Waals surface area contributed by atoms with Crippen molar-refractivity contribution < 1.29 is 21.6 Å². The number of aromatic nitrogens is 1. The molecule has 0 spiro atoms. The predicted octanol–water partition coefficient (Wildman–Crippen LogP) is 3.92. The maximum absolute atomic E-state index is 12.0. The molecule has 166 valence electrons. The summed E-state index contributed by atoms with van der Waals surface area (Å²) in [5, 5.41) is 4.94. The van der Waals surface area contributed by atoms with E-state index >= 15 is 0 Å². The molecular weight excluding hydrogens is 450 g/mol. The Balaban J connectivity index is 1.90. The average molecular weight is 472 g/mol. The molecule has 10 heteroatoms. The Hall–Kier alpha value is -3.37. The summed E-state index contributed by atoms with van der Waals surface area (Å²) in [4.78, 5) is 4.83. The van der Waals surface area contributed by atoms with Crippen LogP contribution >= 0.6 is 0 Å². The number of nitrogens with one attached hydrogen (secondary N) is 2. The summed E-state index contributed by atoms with van der Waals surface area (Å²) >= 11 is 0. The number of hydrogen-bond donors (Lipinski definition) is 2. The molecule has 8 nitrogen and oxygen atoms in total. The second-order valence-electron chi connectivity index (χ2n) is 7.37. The fourth-order valence-electron chi connectivity index (χ4n) is 3.44. The topological polar surface area (TPSA) is 114 Å². The standard InChI is InChI=1S/C22H21N3O5S2/c1-30-21-12-14(25-32(3,28)29)8-11-19(21)24-22-16-6-4-5-7-18(16)23-20-13-15(31(2,26)27)9-10-17(20)22/h4-13,25H,1-3H3,(H,23,24). The van der Waals surface area contributed by atoms with Crippen LogP contribution in [0.5, 0.6) is 5.75 Å². The Bertz CT molecular complexity index is 1570. The van der Waals surface area contributed by atoms with Crippen molar-refractivity contribution >= 4 is 58.7 Å². The van der Waals surface area contributed by atoms with Crippen molar-refractivity contribution in [2.24, 2.45) is 0 Å². The molecule has 0 fully saturated rings. The first-order chi connectivity index (χ1) is 15.0. The van der Waals surface area contributed by atoms with Crippen molar-refractivity contribution in [3.05, 3.63) is 60.7 Å². The lowest BCUT2D eigenvalue weighted by Gasteiger charge is -2.17. The number of sulfone groups is 1. The van der Waals surface area contributed by atoms with Gasteiger partial charge in [-0.1, -0.05) is 18.2 Å². The highest BCUT2D eigenvalue weighted by Crippen LogP contribution is 2.37. The van der Waals surface area contributed by atoms with Crippen molar-refractivity contribution in [1.82, 2.24) is 4.98 Å². The highest BCUT2D eigenvalue weighted by Gasteiger charge is 2.15. The van der Waals surface area contributed by atoms with Gasteiger partial charge < -0.3 is 10.1 Å². The van der Waals surface area contributed by atoms with E-state index < -0.39 is 19.9 Å². The molecular formula is C22H21N3O5S2. The number of methoxy groups -OCH3 is 1. The first-order valence-corrected chi connectivity index (χ1v) is 13.3. The molecule has 0 saturated heterocycles. The van der Waals surface area contributed by atoms with E-state index in [1.165, 1.54) is 7.11 Å². The molecule has 1 aromatic heterocycles. The molecule has 32 heavy (non-hydrogen) atoms. The van der Waals surface area contributed by atoms with Gasteiger partial charge in [0.1, 0.15) is 5.75 Å². The monoisotopic (exact) mass is 471 g/mol. The second kappa shape index (κ2) is 7.95. The van der Waals surface area contributed by atoms with Crippen LogP contribution in [0.1, 0.15) is 0 Å². The molecule has 0 atom stereocenters. The lowest BCUT2D eigenvalue weighted by Crippen LogP contribution is -2.09. The zero-order valence-corrected chi connectivity index (χ0v) is 19.2. The minimum Gasteiger partial charge on any atom is -0.494 e. The van der Waals surface area contributed by atoms with E-state index in [0.717, 1.165) is 29.0 Å². The average Bonchev–Trinajstić information content (AvgIpc) is 2.72. The van der Waals surface area contributed by atoms with Crippen LogP contribution in [0.15, 0.2) is 65.6 Å². The summed E-state index contributed by atoms with van der Waals surface area (Å²) in [5.41, 5.74) is 2.94. The number of fused-ring (bicyclic) bond motifs is 2. The van der Waals surface area contributed by atoms with Crippen LogP contribution in [0.25, 0.3) is 21.8 Å². The largest absolute Gasteiger partial charge is 0.494 e. The van der Waals surface area contributed by atoms with E-state index in [1.807, 2.05) is 24.3 Å². The zero-order chi connectivity index (χ0) is 23.1. The number of nitrogens with zero attached hydrogens (tertiary/aromatic N) is 1. The predicted molar refractivity (Wildman–Crippen MR) is 127 cm³/mol. The lowest BCUT2D eigenvalue weighted by atomic mass is 10.1. The van der Waals surface area contributed by atoms with E-state index in [9.17, 15) is 16.8 Å². The maximum atomic E-state index is 12.0. The fourth-order valence-corrected chi connectivity index (χ4v) is 4.64. The van der Waals surface area contributed by atoms with Gasteiger partial charge in [0.25, 0.3) is 0 Å².